The van der Waals surface area contributed by atoms with Crippen molar-refractivity contribution in [3.8, 4) is 0 Å². The Kier molecular flexibility index (Phi) is 9.45. The van der Waals surface area contributed by atoms with Crippen molar-refractivity contribution in [2.45, 2.75) is 51.7 Å². The molecular weight excluding hydrogens is 437 g/mol. The number of hydrogen-bond donors (Lipinski definition) is 1. The van der Waals surface area contributed by atoms with Crippen LogP contribution in [-0.2, 0) is 20.9 Å². The van der Waals surface area contributed by atoms with Gasteiger partial charge in [-0.1, -0.05) is 36.2 Å². The topological polar surface area (TPSA) is 61.9 Å². The van der Waals surface area contributed by atoms with Crippen molar-refractivity contribution < 1.29 is 14.3 Å². The molecule has 2 heterocycles. The Labute approximate surface area is 195 Å². The van der Waals surface area contributed by atoms with Gasteiger partial charge in [-0.25, -0.2) is 0 Å². The first-order valence-corrected chi connectivity index (χ1v) is 12.0. The molecule has 0 radical (unpaired) electrons. The standard InChI is InChI=1S/C23H33Cl2N3O3/c1-2-23(30)28-9-7-17(8-10-28)4-6-22(29)26-14-19-16-27(11-12-31-19)15-18-3-5-20(24)21(25)13-18/h3,5,13,17,19H,2,4,6-12,14-16H2,1H3,(H,26,29)/t19-/m0/s1. The van der Waals surface area contributed by atoms with Crippen molar-refractivity contribution in [2.75, 3.05) is 39.3 Å². The van der Waals surface area contributed by atoms with Crippen molar-refractivity contribution in [1.82, 2.24) is 15.1 Å². The van der Waals surface area contributed by atoms with E-state index in [9.17, 15) is 9.59 Å². The van der Waals surface area contributed by atoms with E-state index in [1.165, 1.54) is 0 Å². The van der Waals surface area contributed by atoms with E-state index in [0.29, 0.717) is 42.0 Å². The lowest BCUT2D eigenvalue weighted by Crippen LogP contribution is -2.47. The molecular formula is C23H33Cl2N3O3. The van der Waals surface area contributed by atoms with Crippen LogP contribution in [0.25, 0.3) is 0 Å². The average Bonchev–Trinajstić information content (AvgIpc) is 2.79. The normalized spacial score (nSPS) is 20.6. The van der Waals surface area contributed by atoms with E-state index in [2.05, 4.69) is 10.2 Å². The van der Waals surface area contributed by atoms with Crippen LogP contribution in [0.2, 0.25) is 10.0 Å². The molecule has 0 aliphatic carbocycles. The third-order valence-corrected chi connectivity index (χ3v) is 6.93. The molecule has 0 unspecified atom stereocenters. The molecule has 8 heteroatoms. The SMILES string of the molecule is CCC(=O)N1CCC(CCC(=O)NC[C@H]2CN(Cc3ccc(Cl)c(Cl)c3)CCO2)CC1. The Balaban J connectivity index is 1.33. The van der Waals surface area contributed by atoms with Crippen LogP contribution >= 0.6 is 23.2 Å². The fourth-order valence-electron chi connectivity index (χ4n) is 4.29. The highest BCUT2D eigenvalue weighted by atomic mass is 35.5. The molecule has 1 aromatic carbocycles. The number of amides is 2. The van der Waals surface area contributed by atoms with E-state index in [1.807, 2.05) is 30.0 Å². The summed E-state index contributed by atoms with van der Waals surface area (Å²) >= 11 is 12.1. The second kappa shape index (κ2) is 12.0. The van der Waals surface area contributed by atoms with E-state index in [0.717, 1.165) is 57.5 Å². The number of nitrogens with zero attached hydrogens (tertiary/aromatic N) is 2. The number of hydrogen-bond acceptors (Lipinski definition) is 4. The average molecular weight is 470 g/mol. The molecule has 1 N–H and O–H groups in total. The van der Waals surface area contributed by atoms with E-state index < -0.39 is 0 Å². The first-order chi connectivity index (χ1) is 14.9. The third-order valence-electron chi connectivity index (χ3n) is 6.19. The second-order valence-corrected chi connectivity index (χ2v) is 9.31. The van der Waals surface area contributed by atoms with Gasteiger partial charge in [0.15, 0.2) is 0 Å². The van der Waals surface area contributed by atoms with Crippen molar-refractivity contribution in [1.29, 1.82) is 0 Å². The molecule has 0 saturated carbocycles. The lowest BCUT2D eigenvalue weighted by atomic mass is 9.92. The first-order valence-electron chi connectivity index (χ1n) is 11.3. The highest BCUT2D eigenvalue weighted by Gasteiger charge is 2.24. The number of ether oxygens (including phenoxy) is 1. The number of rotatable bonds is 8. The molecule has 2 fully saturated rings. The van der Waals surface area contributed by atoms with E-state index in [4.69, 9.17) is 27.9 Å². The Morgan fingerprint density at radius 1 is 1.16 bits per heavy atom. The number of halogens is 2. The first kappa shape index (κ1) is 24.3. The van der Waals surface area contributed by atoms with Crippen LogP contribution in [0.5, 0.6) is 0 Å². The summed E-state index contributed by atoms with van der Waals surface area (Å²) in [5.41, 5.74) is 1.12. The van der Waals surface area contributed by atoms with Crippen molar-refractivity contribution >= 4 is 35.0 Å². The van der Waals surface area contributed by atoms with Gasteiger partial charge < -0.3 is 15.0 Å². The van der Waals surface area contributed by atoms with Gasteiger partial charge in [-0.3, -0.25) is 14.5 Å². The Morgan fingerprint density at radius 3 is 2.65 bits per heavy atom. The van der Waals surface area contributed by atoms with Crippen LogP contribution in [0.1, 0.15) is 44.6 Å². The quantitative estimate of drug-likeness (QED) is 0.629. The Hall–Kier alpha value is -1.34. The van der Waals surface area contributed by atoms with Crippen LogP contribution in [0.4, 0.5) is 0 Å². The summed E-state index contributed by atoms with van der Waals surface area (Å²) in [5.74, 6) is 0.841. The maximum absolute atomic E-state index is 12.3. The minimum atomic E-state index is -0.0104. The van der Waals surface area contributed by atoms with Gasteiger partial charge in [-0.15, -0.1) is 0 Å². The molecule has 0 aromatic heterocycles. The highest BCUT2D eigenvalue weighted by molar-refractivity contribution is 6.42. The molecule has 172 valence electrons. The second-order valence-electron chi connectivity index (χ2n) is 8.50. The number of nitrogens with one attached hydrogen (secondary N) is 1. The summed E-state index contributed by atoms with van der Waals surface area (Å²) in [4.78, 5) is 28.3. The van der Waals surface area contributed by atoms with Crippen molar-refractivity contribution in [3.05, 3.63) is 33.8 Å². The monoisotopic (exact) mass is 469 g/mol. The van der Waals surface area contributed by atoms with Crippen LogP contribution < -0.4 is 5.32 Å². The molecule has 3 rings (SSSR count). The minimum Gasteiger partial charge on any atom is -0.374 e. The summed E-state index contributed by atoms with van der Waals surface area (Å²) in [6, 6.07) is 5.71. The Morgan fingerprint density at radius 2 is 1.94 bits per heavy atom. The fourth-order valence-corrected chi connectivity index (χ4v) is 4.61. The molecule has 2 amide bonds. The molecule has 2 aliphatic rings. The zero-order chi connectivity index (χ0) is 22.2. The fraction of sp³-hybridized carbons (Fsp3) is 0.652. The largest absolute Gasteiger partial charge is 0.374 e. The van der Waals surface area contributed by atoms with Crippen LogP contribution in [0.3, 0.4) is 0 Å². The van der Waals surface area contributed by atoms with Crippen LogP contribution in [-0.4, -0.2) is 67.0 Å². The number of likely N-dealkylation sites (tertiary alicyclic amines) is 1. The smallest absolute Gasteiger partial charge is 0.222 e. The molecule has 2 aliphatic heterocycles. The predicted molar refractivity (Wildman–Crippen MR) is 123 cm³/mol. The van der Waals surface area contributed by atoms with Gasteiger partial charge in [0.05, 0.1) is 22.8 Å². The number of piperidine rings is 1. The zero-order valence-electron chi connectivity index (χ0n) is 18.2. The van der Waals surface area contributed by atoms with Gasteiger partial charge in [0.25, 0.3) is 0 Å². The molecule has 6 nitrogen and oxygen atoms in total. The van der Waals surface area contributed by atoms with Crippen molar-refractivity contribution in [3.63, 3.8) is 0 Å². The summed E-state index contributed by atoms with van der Waals surface area (Å²) < 4.78 is 5.84. The van der Waals surface area contributed by atoms with Gasteiger partial charge in [0.2, 0.25) is 11.8 Å². The third kappa shape index (κ3) is 7.63. The number of carbonyl (C=O) groups excluding carboxylic acids is 2. The number of carbonyl (C=O) groups is 2. The summed E-state index contributed by atoms with van der Waals surface area (Å²) in [7, 11) is 0. The van der Waals surface area contributed by atoms with Crippen molar-refractivity contribution in [2.24, 2.45) is 5.92 Å². The summed E-state index contributed by atoms with van der Waals surface area (Å²) in [5, 5.41) is 4.17. The molecule has 0 bridgehead atoms. The van der Waals surface area contributed by atoms with Crippen LogP contribution in [0.15, 0.2) is 18.2 Å². The number of morpholine rings is 1. The summed E-state index contributed by atoms with van der Waals surface area (Å²) in [6.45, 7) is 7.13. The lowest BCUT2D eigenvalue weighted by molar-refractivity contribution is -0.132. The van der Waals surface area contributed by atoms with Gasteiger partial charge in [0.1, 0.15) is 0 Å². The number of benzene rings is 1. The van der Waals surface area contributed by atoms with E-state index in [1.54, 1.807) is 0 Å². The minimum absolute atomic E-state index is 0.0104. The van der Waals surface area contributed by atoms with Gasteiger partial charge in [0, 0.05) is 52.1 Å². The van der Waals surface area contributed by atoms with E-state index in [-0.39, 0.29) is 17.9 Å². The Bertz CT molecular complexity index is 754. The zero-order valence-corrected chi connectivity index (χ0v) is 19.8. The van der Waals surface area contributed by atoms with E-state index >= 15 is 0 Å². The van der Waals surface area contributed by atoms with Crippen LogP contribution in [0, 0.1) is 5.92 Å². The predicted octanol–water partition coefficient (Wildman–Crippen LogP) is 3.74. The molecule has 1 aromatic rings. The molecule has 0 spiro atoms. The maximum atomic E-state index is 12.3. The highest BCUT2D eigenvalue weighted by Crippen LogP contribution is 2.24. The van der Waals surface area contributed by atoms with Gasteiger partial charge in [-0.2, -0.15) is 0 Å². The lowest BCUT2D eigenvalue weighted by Gasteiger charge is -2.33. The maximum Gasteiger partial charge on any atom is 0.222 e. The summed E-state index contributed by atoms with van der Waals surface area (Å²) in [6.07, 6.45) is 3.97. The van der Waals surface area contributed by atoms with Gasteiger partial charge >= 0.3 is 0 Å². The molecule has 1 atom stereocenters. The van der Waals surface area contributed by atoms with Gasteiger partial charge in [-0.05, 0) is 42.9 Å². The molecule has 2 saturated heterocycles. The molecule has 31 heavy (non-hydrogen) atoms.